The van der Waals surface area contributed by atoms with Gasteiger partial charge in [0.1, 0.15) is 5.82 Å². The quantitative estimate of drug-likeness (QED) is 0.885. The van der Waals surface area contributed by atoms with Gasteiger partial charge in [0, 0.05) is 11.6 Å². The zero-order valence-electron chi connectivity index (χ0n) is 11.1. The lowest BCUT2D eigenvalue weighted by atomic mass is 9.74. The molecule has 0 spiro atoms. The van der Waals surface area contributed by atoms with Crippen LogP contribution in [0.4, 0.5) is 4.39 Å². The number of nitrogens with two attached hydrogens (primary N) is 1. The van der Waals surface area contributed by atoms with Crippen LogP contribution in [0.3, 0.4) is 0 Å². The minimum atomic E-state index is -0.224. The Morgan fingerprint density at radius 1 is 1.21 bits per heavy atom. The topological polar surface area (TPSA) is 26.0 Å². The Hall–Kier alpha value is -1.67. The van der Waals surface area contributed by atoms with Crippen LogP contribution in [0.5, 0.6) is 0 Å². The van der Waals surface area contributed by atoms with Gasteiger partial charge in [-0.2, -0.15) is 0 Å². The second-order valence-corrected chi connectivity index (χ2v) is 5.42. The van der Waals surface area contributed by atoms with Crippen molar-refractivity contribution in [1.82, 2.24) is 0 Å². The van der Waals surface area contributed by atoms with E-state index in [0.717, 1.165) is 12.8 Å². The summed E-state index contributed by atoms with van der Waals surface area (Å²) in [7, 11) is 0. The Bertz CT molecular complexity index is 606. The molecule has 0 fully saturated rings. The molecule has 2 atom stereocenters. The fourth-order valence-electron chi connectivity index (χ4n) is 2.96. The largest absolute Gasteiger partial charge is 0.324 e. The third-order valence-electron chi connectivity index (χ3n) is 4.12. The average molecular weight is 255 g/mol. The van der Waals surface area contributed by atoms with Crippen LogP contribution in [0.2, 0.25) is 0 Å². The highest BCUT2D eigenvalue weighted by Crippen LogP contribution is 2.40. The summed E-state index contributed by atoms with van der Waals surface area (Å²) >= 11 is 0. The fraction of sp³-hybridized carbons (Fsp3) is 0.294. The summed E-state index contributed by atoms with van der Waals surface area (Å²) in [4.78, 5) is 0. The Morgan fingerprint density at radius 2 is 2.00 bits per heavy atom. The van der Waals surface area contributed by atoms with Crippen molar-refractivity contribution in [2.45, 2.75) is 31.7 Å². The second kappa shape index (κ2) is 4.78. The van der Waals surface area contributed by atoms with Crippen LogP contribution in [-0.2, 0) is 6.42 Å². The van der Waals surface area contributed by atoms with Gasteiger partial charge in [-0.1, -0.05) is 42.5 Å². The van der Waals surface area contributed by atoms with Crippen molar-refractivity contribution in [3.8, 4) is 0 Å². The Balaban J connectivity index is 1.77. The van der Waals surface area contributed by atoms with Gasteiger partial charge in [0.15, 0.2) is 0 Å². The highest BCUT2D eigenvalue weighted by atomic mass is 19.1. The zero-order valence-corrected chi connectivity index (χ0v) is 11.1. The molecule has 1 aliphatic rings. The van der Waals surface area contributed by atoms with E-state index in [1.165, 1.54) is 11.1 Å². The van der Waals surface area contributed by atoms with Crippen molar-refractivity contribution >= 4 is 0 Å². The lowest BCUT2D eigenvalue weighted by Gasteiger charge is -2.32. The van der Waals surface area contributed by atoms with Gasteiger partial charge >= 0.3 is 0 Å². The molecule has 98 valence electrons. The van der Waals surface area contributed by atoms with Gasteiger partial charge in [-0.05, 0) is 42.4 Å². The lowest BCUT2D eigenvalue weighted by molar-refractivity contribution is 0.480. The third-order valence-corrected chi connectivity index (χ3v) is 4.12. The van der Waals surface area contributed by atoms with E-state index in [0.29, 0.717) is 17.0 Å². The minimum absolute atomic E-state index is 0.150. The van der Waals surface area contributed by atoms with E-state index in [4.69, 9.17) is 5.73 Å². The average Bonchev–Trinajstić information content (AvgIpc) is 2.39. The molecule has 19 heavy (non-hydrogen) atoms. The van der Waals surface area contributed by atoms with Crippen molar-refractivity contribution in [2.24, 2.45) is 5.73 Å². The Labute approximate surface area is 113 Å². The van der Waals surface area contributed by atoms with Crippen LogP contribution in [-0.4, -0.2) is 0 Å². The van der Waals surface area contributed by atoms with Gasteiger partial charge in [-0.25, -0.2) is 4.39 Å². The number of halogens is 1. The highest BCUT2D eigenvalue weighted by molar-refractivity contribution is 5.40. The molecule has 2 aromatic rings. The summed E-state index contributed by atoms with van der Waals surface area (Å²) in [6.45, 7) is 1.78. The van der Waals surface area contributed by atoms with Gasteiger partial charge in [0.05, 0.1) is 0 Å². The van der Waals surface area contributed by atoms with Gasteiger partial charge < -0.3 is 5.73 Å². The molecule has 1 nitrogen and oxygen atoms in total. The van der Waals surface area contributed by atoms with Crippen LogP contribution in [0.25, 0.3) is 0 Å². The van der Waals surface area contributed by atoms with Crippen LogP contribution in [0.15, 0.2) is 42.5 Å². The first kappa shape index (κ1) is 12.4. The molecule has 2 N–H and O–H groups in total. The van der Waals surface area contributed by atoms with E-state index >= 15 is 0 Å². The summed E-state index contributed by atoms with van der Waals surface area (Å²) in [6, 6.07) is 13.7. The molecule has 0 bridgehead atoms. The smallest absolute Gasteiger partial charge is 0.130 e. The van der Waals surface area contributed by atoms with Gasteiger partial charge in [0.2, 0.25) is 0 Å². The number of rotatable bonds is 3. The van der Waals surface area contributed by atoms with Crippen molar-refractivity contribution in [2.75, 3.05) is 0 Å². The number of fused-ring (bicyclic) bond motifs is 1. The first-order valence-electron chi connectivity index (χ1n) is 6.75. The molecule has 0 amide bonds. The van der Waals surface area contributed by atoms with Crippen LogP contribution in [0, 0.1) is 12.7 Å². The molecule has 1 aliphatic carbocycles. The Morgan fingerprint density at radius 3 is 2.79 bits per heavy atom. The predicted molar refractivity (Wildman–Crippen MR) is 75.6 cm³/mol. The summed E-state index contributed by atoms with van der Waals surface area (Å²) < 4.78 is 14.0. The predicted octanol–water partition coefficient (Wildman–Crippen LogP) is 3.86. The molecule has 0 saturated carbocycles. The number of benzene rings is 2. The maximum atomic E-state index is 14.0. The van der Waals surface area contributed by atoms with Crippen molar-refractivity contribution in [3.05, 3.63) is 70.5 Å². The highest BCUT2D eigenvalue weighted by Gasteiger charge is 2.28. The number of hydrogen-bond acceptors (Lipinski definition) is 1. The maximum Gasteiger partial charge on any atom is 0.130 e. The molecule has 2 unspecified atom stereocenters. The Kier molecular flexibility index (Phi) is 3.11. The van der Waals surface area contributed by atoms with Crippen LogP contribution in [0.1, 0.15) is 40.6 Å². The van der Waals surface area contributed by atoms with Crippen molar-refractivity contribution in [3.63, 3.8) is 0 Å². The minimum Gasteiger partial charge on any atom is -0.324 e. The molecule has 0 heterocycles. The normalized spacial score (nSPS) is 18.6. The monoisotopic (exact) mass is 255 g/mol. The fourth-order valence-corrected chi connectivity index (χ4v) is 2.96. The van der Waals surface area contributed by atoms with Crippen LogP contribution >= 0.6 is 0 Å². The third kappa shape index (κ3) is 2.17. The first-order valence-corrected chi connectivity index (χ1v) is 6.75. The van der Waals surface area contributed by atoms with Crippen molar-refractivity contribution in [1.29, 1.82) is 0 Å². The summed E-state index contributed by atoms with van der Waals surface area (Å²) in [5.74, 6) is 0.328. The standard InChI is InChI=1S/C17H18FN/c1-11-5-4-8-15(17(11)18)16(19)10-13-9-12-6-2-3-7-14(12)13/h2-8,13,16H,9-10,19H2,1H3. The molecule has 2 heteroatoms. The van der Waals surface area contributed by atoms with E-state index in [-0.39, 0.29) is 11.9 Å². The SMILES string of the molecule is Cc1cccc(C(N)CC2Cc3ccccc32)c1F. The van der Waals surface area contributed by atoms with E-state index in [1.807, 2.05) is 6.07 Å². The molecule has 3 rings (SSSR count). The van der Waals surface area contributed by atoms with Gasteiger partial charge in [-0.15, -0.1) is 0 Å². The van der Waals surface area contributed by atoms with E-state index in [1.54, 1.807) is 19.1 Å². The van der Waals surface area contributed by atoms with Crippen molar-refractivity contribution < 1.29 is 4.39 Å². The summed E-state index contributed by atoms with van der Waals surface area (Å²) in [5.41, 5.74) is 10.3. The molecular formula is C17H18FN. The first-order chi connectivity index (χ1) is 9.16. The summed E-state index contributed by atoms with van der Waals surface area (Å²) in [6.07, 6.45) is 1.88. The molecule has 0 saturated heterocycles. The molecule has 0 aliphatic heterocycles. The van der Waals surface area contributed by atoms with Gasteiger partial charge in [0.25, 0.3) is 0 Å². The summed E-state index contributed by atoms with van der Waals surface area (Å²) in [5, 5.41) is 0. The molecule has 2 aromatic carbocycles. The van der Waals surface area contributed by atoms with E-state index < -0.39 is 0 Å². The lowest BCUT2D eigenvalue weighted by Crippen LogP contribution is -2.23. The number of aryl methyl sites for hydroxylation is 1. The van der Waals surface area contributed by atoms with Crippen LogP contribution < -0.4 is 5.73 Å². The maximum absolute atomic E-state index is 14.0. The molecule has 0 radical (unpaired) electrons. The second-order valence-electron chi connectivity index (χ2n) is 5.42. The zero-order chi connectivity index (χ0) is 13.4. The molecule has 0 aromatic heterocycles. The molecular weight excluding hydrogens is 237 g/mol. The van der Waals surface area contributed by atoms with E-state index in [2.05, 4.69) is 24.3 Å². The van der Waals surface area contributed by atoms with E-state index in [9.17, 15) is 4.39 Å². The van der Waals surface area contributed by atoms with Gasteiger partial charge in [-0.3, -0.25) is 0 Å². The number of hydrogen-bond donors (Lipinski definition) is 1.